The van der Waals surface area contributed by atoms with Crippen LogP contribution in [0.4, 0.5) is 0 Å². The number of nitrogens with zero attached hydrogens (tertiary/aromatic N) is 1. The van der Waals surface area contributed by atoms with Gasteiger partial charge in [0.05, 0.1) is 21.8 Å². The van der Waals surface area contributed by atoms with E-state index in [4.69, 9.17) is 0 Å². The molecule has 32 heavy (non-hydrogen) atoms. The third kappa shape index (κ3) is 3.73. The molecule has 9 heteroatoms. The van der Waals surface area contributed by atoms with Crippen LogP contribution in [0, 0.1) is 6.92 Å². The predicted octanol–water partition coefficient (Wildman–Crippen LogP) is 1.93. The van der Waals surface area contributed by atoms with Crippen LogP contribution < -0.4 is 5.32 Å². The van der Waals surface area contributed by atoms with E-state index in [1.807, 2.05) is 19.9 Å². The molecule has 4 rings (SSSR count). The van der Waals surface area contributed by atoms with Crippen molar-refractivity contribution in [2.45, 2.75) is 49.8 Å². The Morgan fingerprint density at radius 1 is 1.00 bits per heavy atom. The van der Waals surface area contributed by atoms with E-state index in [0.717, 1.165) is 16.0 Å². The first kappa shape index (κ1) is 21.9. The van der Waals surface area contributed by atoms with Crippen molar-refractivity contribution < 1.29 is 27.6 Å². The number of rotatable bonds is 5. The standard InChI is InChI=1S/C23H22N2O6S/c1-3-15-10-13(2)4-8-19(15)32(30,31)12-14-5-6-16-17(11-14)23(29)25(22(16)28)18-7-9-20(26)24-21(18)27/h4-6,8,10-11,18H,3,7,9,12H2,1-2H3,(H,24,26,27). The number of hydrogen-bond acceptors (Lipinski definition) is 6. The number of benzene rings is 2. The zero-order valence-electron chi connectivity index (χ0n) is 17.7. The van der Waals surface area contributed by atoms with Gasteiger partial charge in [-0.15, -0.1) is 0 Å². The number of sulfone groups is 1. The molecule has 2 aromatic rings. The van der Waals surface area contributed by atoms with Gasteiger partial charge in [0.2, 0.25) is 11.8 Å². The SMILES string of the molecule is CCc1cc(C)ccc1S(=O)(=O)Cc1ccc2c(c1)C(=O)N(C1CCC(=O)NC1=O)C2=O. The van der Waals surface area contributed by atoms with E-state index in [2.05, 4.69) is 5.32 Å². The molecule has 2 heterocycles. The van der Waals surface area contributed by atoms with Gasteiger partial charge in [0.15, 0.2) is 9.84 Å². The van der Waals surface area contributed by atoms with Crippen LogP contribution in [-0.2, 0) is 31.6 Å². The number of imide groups is 2. The summed E-state index contributed by atoms with van der Waals surface area (Å²) < 4.78 is 26.2. The van der Waals surface area contributed by atoms with Gasteiger partial charge in [0.1, 0.15) is 6.04 Å². The normalized spacial score (nSPS) is 18.7. The summed E-state index contributed by atoms with van der Waals surface area (Å²) in [6.07, 6.45) is 0.655. The fourth-order valence-electron chi connectivity index (χ4n) is 4.19. The molecule has 1 atom stereocenters. The number of fused-ring (bicyclic) bond motifs is 1. The summed E-state index contributed by atoms with van der Waals surface area (Å²) >= 11 is 0. The maximum absolute atomic E-state index is 13.1. The number of hydrogen-bond donors (Lipinski definition) is 1. The Labute approximate surface area is 185 Å². The Hall–Kier alpha value is -3.33. The third-order valence-electron chi connectivity index (χ3n) is 5.79. The first-order valence-electron chi connectivity index (χ1n) is 10.3. The molecule has 2 aromatic carbocycles. The average molecular weight is 455 g/mol. The van der Waals surface area contributed by atoms with E-state index in [-0.39, 0.29) is 34.6 Å². The van der Waals surface area contributed by atoms with E-state index in [0.29, 0.717) is 12.0 Å². The van der Waals surface area contributed by atoms with Crippen LogP contribution >= 0.6 is 0 Å². The zero-order valence-corrected chi connectivity index (χ0v) is 18.5. The van der Waals surface area contributed by atoms with E-state index >= 15 is 0 Å². The summed E-state index contributed by atoms with van der Waals surface area (Å²) in [5, 5.41) is 2.15. The molecule has 2 aliphatic rings. The van der Waals surface area contributed by atoms with Crippen LogP contribution in [0.15, 0.2) is 41.3 Å². The molecule has 2 aliphatic heterocycles. The number of carbonyl (C=O) groups excluding carboxylic acids is 4. The van der Waals surface area contributed by atoms with Crippen molar-refractivity contribution in [2.75, 3.05) is 0 Å². The topological polar surface area (TPSA) is 118 Å². The fourth-order valence-corrected chi connectivity index (χ4v) is 5.85. The third-order valence-corrected chi connectivity index (χ3v) is 7.57. The summed E-state index contributed by atoms with van der Waals surface area (Å²) in [6.45, 7) is 3.78. The summed E-state index contributed by atoms with van der Waals surface area (Å²) in [4.78, 5) is 50.4. The monoisotopic (exact) mass is 454 g/mol. The highest BCUT2D eigenvalue weighted by Gasteiger charge is 2.44. The Bertz CT molecular complexity index is 1280. The molecular formula is C23H22N2O6S. The molecule has 8 nitrogen and oxygen atoms in total. The molecular weight excluding hydrogens is 432 g/mol. The Kier molecular flexibility index (Phi) is 5.46. The molecule has 0 saturated carbocycles. The lowest BCUT2D eigenvalue weighted by molar-refractivity contribution is -0.136. The van der Waals surface area contributed by atoms with Crippen LogP contribution in [0.25, 0.3) is 0 Å². The number of amides is 4. The van der Waals surface area contributed by atoms with Gasteiger partial charge in [-0.05, 0) is 49.1 Å². The highest BCUT2D eigenvalue weighted by atomic mass is 32.2. The van der Waals surface area contributed by atoms with Crippen LogP contribution in [0.5, 0.6) is 0 Å². The highest BCUT2D eigenvalue weighted by Crippen LogP contribution is 2.30. The predicted molar refractivity (Wildman–Crippen MR) is 115 cm³/mol. The lowest BCUT2D eigenvalue weighted by Crippen LogP contribution is -2.54. The second kappa shape index (κ2) is 7.98. The molecule has 166 valence electrons. The van der Waals surface area contributed by atoms with Crippen molar-refractivity contribution in [1.82, 2.24) is 10.2 Å². The maximum Gasteiger partial charge on any atom is 0.262 e. The van der Waals surface area contributed by atoms with Crippen molar-refractivity contribution in [3.8, 4) is 0 Å². The van der Waals surface area contributed by atoms with Crippen LogP contribution in [0.1, 0.15) is 57.2 Å². The molecule has 4 amide bonds. The van der Waals surface area contributed by atoms with Gasteiger partial charge in [0.25, 0.3) is 11.8 Å². The van der Waals surface area contributed by atoms with Gasteiger partial charge in [-0.2, -0.15) is 0 Å². The molecule has 1 fully saturated rings. The number of aryl methyl sites for hydroxylation is 2. The molecule has 0 bridgehead atoms. The molecule has 0 aliphatic carbocycles. The lowest BCUT2D eigenvalue weighted by Gasteiger charge is -2.27. The van der Waals surface area contributed by atoms with Gasteiger partial charge in [-0.25, -0.2) is 8.42 Å². The summed E-state index contributed by atoms with van der Waals surface area (Å²) in [6, 6.07) is 8.45. The summed E-state index contributed by atoms with van der Waals surface area (Å²) in [5.41, 5.74) is 2.24. The van der Waals surface area contributed by atoms with Crippen molar-refractivity contribution in [3.05, 3.63) is 64.2 Å². The minimum atomic E-state index is -3.68. The molecule has 0 spiro atoms. The molecule has 0 aromatic heterocycles. The smallest absolute Gasteiger partial charge is 0.262 e. The van der Waals surface area contributed by atoms with Crippen molar-refractivity contribution in [2.24, 2.45) is 0 Å². The lowest BCUT2D eigenvalue weighted by atomic mass is 10.0. The maximum atomic E-state index is 13.1. The van der Waals surface area contributed by atoms with Gasteiger partial charge >= 0.3 is 0 Å². The van der Waals surface area contributed by atoms with Crippen LogP contribution in [0.2, 0.25) is 0 Å². The largest absolute Gasteiger partial charge is 0.295 e. The Balaban J connectivity index is 1.63. The second-order valence-electron chi connectivity index (χ2n) is 8.05. The van der Waals surface area contributed by atoms with Gasteiger partial charge in [0, 0.05) is 6.42 Å². The minimum absolute atomic E-state index is 0.0314. The summed E-state index contributed by atoms with van der Waals surface area (Å²) in [5.74, 6) is -2.75. The minimum Gasteiger partial charge on any atom is -0.295 e. The first-order chi connectivity index (χ1) is 15.1. The first-order valence-corrected chi connectivity index (χ1v) is 11.9. The van der Waals surface area contributed by atoms with E-state index in [1.54, 1.807) is 12.1 Å². The van der Waals surface area contributed by atoms with Gasteiger partial charge < -0.3 is 0 Å². The zero-order chi connectivity index (χ0) is 23.2. The Morgan fingerprint density at radius 2 is 1.72 bits per heavy atom. The summed E-state index contributed by atoms with van der Waals surface area (Å²) in [7, 11) is -3.68. The molecule has 1 N–H and O–H groups in total. The molecule has 0 radical (unpaired) electrons. The number of carbonyl (C=O) groups is 4. The van der Waals surface area contributed by atoms with Crippen molar-refractivity contribution >= 4 is 33.5 Å². The average Bonchev–Trinajstić information content (AvgIpc) is 2.97. The van der Waals surface area contributed by atoms with Gasteiger partial charge in [-0.1, -0.05) is 30.7 Å². The number of nitrogens with one attached hydrogen (secondary N) is 1. The van der Waals surface area contributed by atoms with E-state index in [1.165, 1.54) is 18.2 Å². The fraction of sp³-hybridized carbons (Fsp3) is 0.304. The molecule has 1 unspecified atom stereocenters. The molecule has 1 saturated heterocycles. The van der Waals surface area contributed by atoms with Gasteiger partial charge in [-0.3, -0.25) is 29.4 Å². The highest BCUT2D eigenvalue weighted by molar-refractivity contribution is 7.90. The van der Waals surface area contributed by atoms with Crippen LogP contribution in [0.3, 0.4) is 0 Å². The van der Waals surface area contributed by atoms with Crippen molar-refractivity contribution in [3.63, 3.8) is 0 Å². The van der Waals surface area contributed by atoms with E-state index < -0.39 is 39.5 Å². The Morgan fingerprint density at radius 3 is 2.41 bits per heavy atom. The van der Waals surface area contributed by atoms with Crippen molar-refractivity contribution in [1.29, 1.82) is 0 Å². The van der Waals surface area contributed by atoms with E-state index in [9.17, 15) is 27.6 Å². The van der Waals surface area contributed by atoms with Crippen LogP contribution in [-0.4, -0.2) is 43.0 Å². The number of piperidine rings is 1. The second-order valence-corrected chi connectivity index (χ2v) is 10.0. The quantitative estimate of drug-likeness (QED) is 0.690.